The average molecular weight is 284 g/mol. The van der Waals surface area contributed by atoms with E-state index in [1.807, 2.05) is 49.2 Å². The number of nitrogens with two attached hydrogens (primary N) is 1. The molecule has 0 atom stereocenters. The summed E-state index contributed by atoms with van der Waals surface area (Å²) < 4.78 is 0. The van der Waals surface area contributed by atoms with Gasteiger partial charge in [0.2, 0.25) is 0 Å². The molecule has 0 spiro atoms. The number of aromatic nitrogens is 1. The lowest BCUT2D eigenvalue weighted by molar-refractivity contribution is 0.0951. The highest BCUT2D eigenvalue weighted by molar-refractivity contribution is 5.93. The van der Waals surface area contributed by atoms with Gasteiger partial charge >= 0.3 is 0 Å². The topological polar surface area (TPSA) is 71.2 Å². The molecule has 3 N–H and O–H groups in total. The van der Waals surface area contributed by atoms with E-state index in [0.29, 0.717) is 18.8 Å². The van der Waals surface area contributed by atoms with Crippen molar-refractivity contribution in [3.05, 3.63) is 53.9 Å². The van der Waals surface area contributed by atoms with E-state index in [1.54, 1.807) is 12.3 Å². The summed E-state index contributed by atoms with van der Waals surface area (Å²) in [6, 6.07) is 11.6. The molecule has 1 heterocycles. The Morgan fingerprint density at radius 3 is 2.81 bits per heavy atom. The van der Waals surface area contributed by atoms with Crippen molar-refractivity contribution in [3.8, 4) is 0 Å². The van der Waals surface area contributed by atoms with Crippen molar-refractivity contribution in [2.75, 3.05) is 18.5 Å². The van der Waals surface area contributed by atoms with E-state index in [1.165, 1.54) is 0 Å². The minimum atomic E-state index is -0.167. The third-order valence-electron chi connectivity index (χ3n) is 3.27. The van der Waals surface area contributed by atoms with Gasteiger partial charge in [-0.25, -0.2) is 0 Å². The van der Waals surface area contributed by atoms with E-state index in [4.69, 9.17) is 5.73 Å². The number of carbonyl (C=O) groups is 1. The summed E-state index contributed by atoms with van der Waals surface area (Å²) in [5.74, 6) is -0.167. The van der Waals surface area contributed by atoms with Gasteiger partial charge in [-0.05, 0) is 30.7 Å². The highest BCUT2D eigenvalue weighted by atomic mass is 16.1. The summed E-state index contributed by atoms with van der Waals surface area (Å²) in [6.45, 7) is 2.93. The van der Waals surface area contributed by atoms with Crippen LogP contribution in [0.15, 0.2) is 42.6 Å². The van der Waals surface area contributed by atoms with Gasteiger partial charge in [-0.15, -0.1) is 0 Å². The molecular weight excluding hydrogens is 264 g/mol. The van der Waals surface area contributed by atoms with E-state index >= 15 is 0 Å². The normalized spacial score (nSPS) is 10.2. The Hall–Kier alpha value is -2.40. The largest absolute Gasteiger partial charge is 0.351 e. The van der Waals surface area contributed by atoms with Gasteiger partial charge in [-0.2, -0.15) is 0 Å². The number of pyridine rings is 1. The Morgan fingerprint density at radius 1 is 1.33 bits per heavy atom. The highest BCUT2D eigenvalue weighted by Crippen LogP contribution is 2.26. The fraction of sp³-hybridized carbons (Fsp3) is 0.250. The third-order valence-corrected chi connectivity index (χ3v) is 3.27. The van der Waals surface area contributed by atoms with Crippen LogP contribution >= 0.6 is 0 Å². The maximum Gasteiger partial charge on any atom is 0.269 e. The molecule has 0 saturated heterocycles. The molecule has 5 heteroatoms. The number of nitrogens with one attached hydrogen (secondary N) is 1. The number of amides is 1. The fourth-order valence-electron chi connectivity index (χ4n) is 2.15. The van der Waals surface area contributed by atoms with Crippen molar-refractivity contribution in [1.82, 2.24) is 10.3 Å². The van der Waals surface area contributed by atoms with Crippen LogP contribution in [0.3, 0.4) is 0 Å². The zero-order valence-corrected chi connectivity index (χ0v) is 12.3. The quantitative estimate of drug-likeness (QED) is 0.881. The molecule has 0 bridgehead atoms. The van der Waals surface area contributed by atoms with E-state index in [-0.39, 0.29) is 5.91 Å². The zero-order chi connectivity index (χ0) is 15.2. The summed E-state index contributed by atoms with van der Waals surface area (Å²) in [5.41, 5.74) is 9.16. The van der Waals surface area contributed by atoms with Crippen molar-refractivity contribution in [1.29, 1.82) is 0 Å². The first-order valence-corrected chi connectivity index (χ1v) is 6.93. The summed E-state index contributed by atoms with van der Waals surface area (Å²) in [7, 11) is 1.95. The van der Waals surface area contributed by atoms with Crippen LogP contribution in [0.1, 0.15) is 23.0 Å². The summed E-state index contributed by atoms with van der Waals surface area (Å²) >= 11 is 0. The van der Waals surface area contributed by atoms with Gasteiger partial charge in [0.25, 0.3) is 5.91 Å². The minimum absolute atomic E-state index is 0.167. The Morgan fingerprint density at radius 2 is 2.10 bits per heavy atom. The van der Waals surface area contributed by atoms with Crippen molar-refractivity contribution in [2.45, 2.75) is 13.5 Å². The molecule has 0 aliphatic heterocycles. The third kappa shape index (κ3) is 3.38. The van der Waals surface area contributed by atoms with Crippen LogP contribution in [0.5, 0.6) is 0 Å². The molecule has 0 fully saturated rings. The number of benzene rings is 1. The number of rotatable bonds is 5. The van der Waals surface area contributed by atoms with Crippen LogP contribution in [0.4, 0.5) is 11.4 Å². The van der Waals surface area contributed by atoms with Crippen molar-refractivity contribution >= 4 is 17.3 Å². The molecular formula is C16H20N4O. The van der Waals surface area contributed by atoms with Gasteiger partial charge in [-0.1, -0.05) is 18.2 Å². The average Bonchev–Trinajstić information content (AvgIpc) is 2.54. The molecule has 21 heavy (non-hydrogen) atoms. The summed E-state index contributed by atoms with van der Waals surface area (Å²) in [5, 5.41) is 2.75. The van der Waals surface area contributed by atoms with Crippen molar-refractivity contribution in [3.63, 3.8) is 0 Å². The number of nitrogens with zero attached hydrogens (tertiary/aromatic N) is 2. The van der Waals surface area contributed by atoms with E-state index in [0.717, 1.165) is 16.9 Å². The molecule has 2 aromatic rings. The monoisotopic (exact) mass is 284 g/mol. The Kier molecular flexibility index (Phi) is 4.90. The van der Waals surface area contributed by atoms with Crippen LogP contribution in [0.2, 0.25) is 0 Å². The number of anilines is 2. The second-order valence-corrected chi connectivity index (χ2v) is 4.65. The predicted molar refractivity (Wildman–Crippen MR) is 84.6 cm³/mol. The second kappa shape index (κ2) is 6.85. The van der Waals surface area contributed by atoms with Gasteiger partial charge < -0.3 is 16.0 Å². The SMILES string of the molecule is CCNC(=O)c1cc(N(C)c2ccccc2CN)ccn1. The van der Waals surface area contributed by atoms with E-state index in [9.17, 15) is 4.79 Å². The van der Waals surface area contributed by atoms with Gasteiger partial charge in [0, 0.05) is 37.7 Å². The van der Waals surface area contributed by atoms with E-state index < -0.39 is 0 Å². The number of hydrogen-bond acceptors (Lipinski definition) is 4. The van der Waals surface area contributed by atoms with Crippen molar-refractivity contribution in [2.24, 2.45) is 5.73 Å². The first kappa shape index (κ1) is 15.0. The molecule has 0 unspecified atom stereocenters. The molecule has 1 aromatic heterocycles. The molecule has 2 rings (SSSR count). The molecule has 5 nitrogen and oxygen atoms in total. The summed E-state index contributed by atoms with van der Waals surface area (Å²) in [6.07, 6.45) is 1.64. The molecule has 110 valence electrons. The van der Waals surface area contributed by atoms with Crippen LogP contribution in [-0.4, -0.2) is 24.5 Å². The molecule has 0 saturated carbocycles. The fourth-order valence-corrected chi connectivity index (χ4v) is 2.15. The lowest BCUT2D eigenvalue weighted by atomic mass is 10.1. The Balaban J connectivity index is 2.33. The first-order chi connectivity index (χ1) is 10.2. The van der Waals surface area contributed by atoms with Gasteiger partial charge in [0.05, 0.1) is 0 Å². The summed E-state index contributed by atoms with van der Waals surface area (Å²) in [4.78, 5) is 18.0. The molecule has 0 radical (unpaired) electrons. The zero-order valence-electron chi connectivity index (χ0n) is 12.3. The second-order valence-electron chi connectivity index (χ2n) is 4.65. The van der Waals surface area contributed by atoms with Crippen LogP contribution in [-0.2, 0) is 6.54 Å². The Labute approximate surface area is 124 Å². The molecule has 0 aliphatic rings. The predicted octanol–water partition coefficient (Wildman–Crippen LogP) is 2.06. The smallest absolute Gasteiger partial charge is 0.269 e. The standard InChI is InChI=1S/C16H20N4O/c1-3-18-16(21)14-10-13(8-9-19-14)20(2)15-7-5-4-6-12(15)11-17/h4-10H,3,11,17H2,1-2H3,(H,18,21). The van der Waals surface area contributed by atoms with Crippen LogP contribution in [0, 0.1) is 0 Å². The lowest BCUT2D eigenvalue weighted by Gasteiger charge is -2.22. The van der Waals surface area contributed by atoms with Gasteiger partial charge in [0.1, 0.15) is 5.69 Å². The van der Waals surface area contributed by atoms with Crippen LogP contribution < -0.4 is 16.0 Å². The highest BCUT2D eigenvalue weighted by Gasteiger charge is 2.11. The van der Waals surface area contributed by atoms with Gasteiger partial charge in [-0.3, -0.25) is 9.78 Å². The number of carbonyl (C=O) groups excluding carboxylic acids is 1. The van der Waals surface area contributed by atoms with Crippen LogP contribution in [0.25, 0.3) is 0 Å². The maximum absolute atomic E-state index is 11.9. The van der Waals surface area contributed by atoms with Gasteiger partial charge in [0.15, 0.2) is 0 Å². The first-order valence-electron chi connectivity index (χ1n) is 6.93. The maximum atomic E-state index is 11.9. The number of hydrogen-bond donors (Lipinski definition) is 2. The lowest BCUT2D eigenvalue weighted by Crippen LogP contribution is -2.24. The molecule has 1 amide bonds. The molecule has 0 aliphatic carbocycles. The Bertz CT molecular complexity index is 627. The number of para-hydroxylation sites is 1. The van der Waals surface area contributed by atoms with Crippen molar-refractivity contribution < 1.29 is 4.79 Å². The molecule has 1 aromatic carbocycles. The van der Waals surface area contributed by atoms with E-state index in [2.05, 4.69) is 10.3 Å². The minimum Gasteiger partial charge on any atom is -0.351 e.